The van der Waals surface area contributed by atoms with E-state index < -0.39 is 17.9 Å². The molecule has 0 saturated carbocycles. The van der Waals surface area contributed by atoms with Crippen LogP contribution in [0.25, 0.3) is 0 Å². The Labute approximate surface area is 129 Å². The Morgan fingerprint density at radius 1 is 1.00 bits per heavy atom. The number of carbonyl (C=O) groups excluding carboxylic acids is 2. The van der Waals surface area contributed by atoms with Crippen molar-refractivity contribution >= 4 is 17.8 Å². The van der Waals surface area contributed by atoms with Crippen LogP contribution < -0.4 is 10.6 Å². The molecule has 0 aliphatic heterocycles. The maximum atomic E-state index is 12.0. The monoisotopic (exact) mass is 306 g/mol. The number of carbonyl (C=O) groups is 3. The van der Waals surface area contributed by atoms with Gasteiger partial charge in [0.15, 0.2) is 0 Å². The van der Waals surface area contributed by atoms with Gasteiger partial charge >= 0.3 is 5.97 Å². The summed E-state index contributed by atoms with van der Waals surface area (Å²) >= 11 is 0. The minimum Gasteiger partial charge on any atom is -0.480 e. The minimum absolute atomic E-state index is 0.0286. The van der Waals surface area contributed by atoms with Crippen molar-refractivity contribution in [2.24, 2.45) is 0 Å². The molecule has 1 unspecified atom stereocenters. The Hall–Kier alpha value is -2.37. The molecule has 1 aromatic carbocycles. The van der Waals surface area contributed by atoms with Crippen molar-refractivity contribution in [1.29, 1.82) is 0 Å². The fourth-order valence-corrected chi connectivity index (χ4v) is 1.91. The summed E-state index contributed by atoms with van der Waals surface area (Å²) in [5.74, 6) is -1.73. The summed E-state index contributed by atoms with van der Waals surface area (Å²) in [5.41, 5.74) is 0.775. The molecule has 6 nitrogen and oxygen atoms in total. The summed E-state index contributed by atoms with van der Waals surface area (Å²) in [7, 11) is 0. The fraction of sp³-hybridized carbons (Fsp3) is 0.438. The van der Waals surface area contributed by atoms with Crippen LogP contribution in [0.3, 0.4) is 0 Å². The van der Waals surface area contributed by atoms with E-state index in [1.54, 1.807) is 12.1 Å². The molecule has 3 N–H and O–H groups in total. The van der Waals surface area contributed by atoms with Crippen molar-refractivity contribution in [3.8, 4) is 0 Å². The molecule has 0 bridgehead atoms. The third kappa shape index (κ3) is 5.20. The van der Waals surface area contributed by atoms with Crippen molar-refractivity contribution < 1.29 is 19.5 Å². The molecule has 0 radical (unpaired) electrons. The Morgan fingerprint density at radius 2 is 1.45 bits per heavy atom. The van der Waals surface area contributed by atoms with Gasteiger partial charge in [0.25, 0.3) is 11.8 Å². The lowest BCUT2D eigenvalue weighted by atomic mass is 10.1. The first-order chi connectivity index (χ1) is 10.3. The maximum absolute atomic E-state index is 12.0. The van der Waals surface area contributed by atoms with E-state index in [1.807, 2.05) is 20.8 Å². The lowest BCUT2D eigenvalue weighted by molar-refractivity contribution is -0.139. The molecule has 0 heterocycles. The molecule has 0 aliphatic rings. The number of benzene rings is 1. The molecule has 1 aromatic rings. The zero-order valence-electron chi connectivity index (χ0n) is 13.1. The molecule has 6 heteroatoms. The average Bonchev–Trinajstić information content (AvgIpc) is 2.46. The molecule has 120 valence electrons. The molecule has 1 rings (SSSR count). The van der Waals surface area contributed by atoms with Crippen LogP contribution in [0.1, 0.15) is 54.3 Å². The number of amides is 2. The quantitative estimate of drug-likeness (QED) is 0.716. The minimum atomic E-state index is -1.05. The van der Waals surface area contributed by atoms with E-state index >= 15 is 0 Å². The second-order valence-corrected chi connectivity index (χ2v) is 5.36. The molecule has 2 amide bonds. The van der Waals surface area contributed by atoms with E-state index in [2.05, 4.69) is 10.6 Å². The lowest BCUT2D eigenvalue weighted by Gasteiger charge is -2.14. The van der Waals surface area contributed by atoms with Crippen LogP contribution in [0, 0.1) is 0 Å². The van der Waals surface area contributed by atoms with E-state index in [-0.39, 0.29) is 11.9 Å². The summed E-state index contributed by atoms with van der Waals surface area (Å²) in [5, 5.41) is 14.3. The molecule has 0 spiro atoms. The summed E-state index contributed by atoms with van der Waals surface area (Å²) < 4.78 is 0. The van der Waals surface area contributed by atoms with Gasteiger partial charge < -0.3 is 15.7 Å². The van der Waals surface area contributed by atoms with Crippen LogP contribution in [0.4, 0.5) is 0 Å². The SMILES string of the molecule is CCCC(NC(=O)c1ccc(C(=O)NC(C)C)cc1)C(=O)O. The number of hydrogen-bond donors (Lipinski definition) is 3. The van der Waals surface area contributed by atoms with E-state index in [9.17, 15) is 14.4 Å². The van der Waals surface area contributed by atoms with Gasteiger partial charge in [0.1, 0.15) is 6.04 Å². The molecule has 1 atom stereocenters. The number of aliphatic carboxylic acids is 1. The van der Waals surface area contributed by atoms with Crippen LogP contribution in [-0.4, -0.2) is 35.0 Å². The van der Waals surface area contributed by atoms with Crippen molar-refractivity contribution in [3.63, 3.8) is 0 Å². The van der Waals surface area contributed by atoms with Crippen LogP contribution in [-0.2, 0) is 4.79 Å². The van der Waals surface area contributed by atoms with Gasteiger partial charge in [-0.2, -0.15) is 0 Å². The summed E-state index contributed by atoms with van der Waals surface area (Å²) in [6, 6.07) is 5.23. The maximum Gasteiger partial charge on any atom is 0.326 e. The molecule has 22 heavy (non-hydrogen) atoms. The molecule has 0 aromatic heterocycles. The van der Waals surface area contributed by atoms with Gasteiger partial charge in [-0.25, -0.2) is 4.79 Å². The second-order valence-electron chi connectivity index (χ2n) is 5.36. The van der Waals surface area contributed by atoms with E-state index in [0.29, 0.717) is 24.0 Å². The first-order valence-corrected chi connectivity index (χ1v) is 7.29. The molecule has 0 fully saturated rings. The van der Waals surface area contributed by atoms with Gasteiger partial charge in [-0.05, 0) is 44.5 Å². The van der Waals surface area contributed by atoms with Gasteiger partial charge in [0.05, 0.1) is 0 Å². The highest BCUT2D eigenvalue weighted by atomic mass is 16.4. The van der Waals surface area contributed by atoms with Crippen LogP contribution >= 0.6 is 0 Å². The third-order valence-electron chi connectivity index (χ3n) is 3.01. The first-order valence-electron chi connectivity index (χ1n) is 7.29. The summed E-state index contributed by atoms with van der Waals surface area (Å²) in [6.45, 7) is 5.57. The number of carboxylic acid groups (broad SMARTS) is 1. The van der Waals surface area contributed by atoms with E-state index in [4.69, 9.17) is 5.11 Å². The summed E-state index contributed by atoms with van der Waals surface area (Å²) in [6.07, 6.45) is 1.03. The van der Waals surface area contributed by atoms with Crippen molar-refractivity contribution in [1.82, 2.24) is 10.6 Å². The highest BCUT2D eigenvalue weighted by Crippen LogP contribution is 2.06. The van der Waals surface area contributed by atoms with E-state index in [0.717, 1.165) is 0 Å². The largest absolute Gasteiger partial charge is 0.480 e. The summed E-state index contributed by atoms with van der Waals surface area (Å²) in [4.78, 5) is 34.9. The zero-order valence-corrected chi connectivity index (χ0v) is 13.1. The second kappa shape index (κ2) is 8.17. The van der Waals surface area contributed by atoms with Gasteiger partial charge in [-0.15, -0.1) is 0 Å². The highest BCUT2D eigenvalue weighted by Gasteiger charge is 2.19. The number of hydrogen-bond acceptors (Lipinski definition) is 3. The number of rotatable bonds is 7. The smallest absolute Gasteiger partial charge is 0.326 e. The zero-order chi connectivity index (χ0) is 16.7. The molecular formula is C16H22N2O4. The topological polar surface area (TPSA) is 95.5 Å². The first kappa shape index (κ1) is 17.7. The predicted molar refractivity (Wildman–Crippen MR) is 82.8 cm³/mol. The fourth-order valence-electron chi connectivity index (χ4n) is 1.91. The van der Waals surface area contributed by atoms with Crippen LogP contribution in [0.15, 0.2) is 24.3 Å². The average molecular weight is 306 g/mol. The molecule has 0 aliphatic carbocycles. The highest BCUT2D eigenvalue weighted by molar-refractivity contribution is 5.99. The van der Waals surface area contributed by atoms with Crippen molar-refractivity contribution in [2.45, 2.75) is 45.7 Å². The van der Waals surface area contributed by atoms with Crippen LogP contribution in [0.2, 0.25) is 0 Å². The van der Waals surface area contributed by atoms with E-state index in [1.165, 1.54) is 12.1 Å². The Balaban J connectivity index is 2.75. The number of nitrogens with one attached hydrogen (secondary N) is 2. The van der Waals surface area contributed by atoms with Gasteiger partial charge in [-0.1, -0.05) is 13.3 Å². The van der Waals surface area contributed by atoms with Gasteiger partial charge in [0.2, 0.25) is 0 Å². The van der Waals surface area contributed by atoms with Gasteiger partial charge in [-0.3, -0.25) is 9.59 Å². The normalized spacial score (nSPS) is 11.8. The standard InChI is InChI=1S/C16H22N2O4/c1-4-5-13(16(21)22)18-15(20)12-8-6-11(7-9-12)14(19)17-10(2)3/h6-10,13H,4-5H2,1-3H3,(H,17,19)(H,18,20)(H,21,22). The van der Waals surface area contributed by atoms with Crippen molar-refractivity contribution in [3.05, 3.63) is 35.4 Å². The predicted octanol–water partition coefficient (Wildman–Crippen LogP) is 1.81. The van der Waals surface area contributed by atoms with Crippen molar-refractivity contribution in [2.75, 3.05) is 0 Å². The number of carboxylic acids is 1. The Morgan fingerprint density at radius 3 is 1.82 bits per heavy atom. The Kier molecular flexibility index (Phi) is 6.56. The molecular weight excluding hydrogens is 284 g/mol. The van der Waals surface area contributed by atoms with Gasteiger partial charge in [0, 0.05) is 17.2 Å². The Bertz CT molecular complexity index is 538. The third-order valence-corrected chi connectivity index (χ3v) is 3.01. The van der Waals surface area contributed by atoms with Crippen LogP contribution in [0.5, 0.6) is 0 Å². The molecule has 0 saturated heterocycles. The lowest BCUT2D eigenvalue weighted by Crippen LogP contribution is -2.40.